The van der Waals surface area contributed by atoms with E-state index in [9.17, 15) is 0 Å². The SMILES string of the molecule is Brc1cnc2c(c1)NCC1(CC1)CN2. The van der Waals surface area contributed by atoms with Crippen LogP contribution in [0.2, 0.25) is 0 Å². The van der Waals surface area contributed by atoms with E-state index in [4.69, 9.17) is 0 Å². The quantitative estimate of drug-likeness (QED) is 0.746. The Labute approximate surface area is 91.4 Å². The van der Waals surface area contributed by atoms with Crippen molar-refractivity contribution in [3.05, 3.63) is 16.7 Å². The normalized spacial score (nSPS) is 21.8. The lowest BCUT2D eigenvalue weighted by Crippen LogP contribution is -2.19. The third-order valence-corrected chi connectivity index (χ3v) is 3.53. The first-order valence-corrected chi connectivity index (χ1v) is 5.70. The van der Waals surface area contributed by atoms with Crippen molar-refractivity contribution in [2.45, 2.75) is 12.8 Å². The van der Waals surface area contributed by atoms with Crippen LogP contribution in [0.1, 0.15) is 12.8 Å². The molecule has 0 atom stereocenters. The Kier molecular flexibility index (Phi) is 1.74. The van der Waals surface area contributed by atoms with Gasteiger partial charge in [0.2, 0.25) is 0 Å². The summed E-state index contributed by atoms with van der Waals surface area (Å²) >= 11 is 3.43. The van der Waals surface area contributed by atoms with E-state index in [0.717, 1.165) is 29.1 Å². The minimum Gasteiger partial charge on any atom is -0.381 e. The van der Waals surface area contributed by atoms with E-state index in [1.54, 1.807) is 0 Å². The summed E-state index contributed by atoms with van der Waals surface area (Å²) in [4.78, 5) is 4.35. The number of aromatic nitrogens is 1. The third kappa shape index (κ3) is 1.38. The van der Waals surface area contributed by atoms with Gasteiger partial charge in [0, 0.05) is 29.2 Å². The average molecular weight is 254 g/mol. The molecule has 1 spiro atoms. The molecule has 0 unspecified atom stereocenters. The predicted octanol–water partition coefficient (Wildman–Crippen LogP) is 2.46. The molecular formula is C10H12BrN3. The number of fused-ring (bicyclic) bond motifs is 1. The molecule has 4 heteroatoms. The molecule has 2 aliphatic rings. The minimum absolute atomic E-state index is 0.507. The molecule has 1 saturated carbocycles. The van der Waals surface area contributed by atoms with E-state index in [0.29, 0.717) is 5.41 Å². The van der Waals surface area contributed by atoms with Crippen LogP contribution in [0.5, 0.6) is 0 Å². The van der Waals surface area contributed by atoms with Gasteiger partial charge in [0.05, 0.1) is 5.69 Å². The molecule has 1 aromatic rings. The van der Waals surface area contributed by atoms with Crippen LogP contribution in [0.3, 0.4) is 0 Å². The maximum atomic E-state index is 4.35. The largest absolute Gasteiger partial charge is 0.381 e. The molecule has 3 nitrogen and oxygen atoms in total. The molecular weight excluding hydrogens is 242 g/mol. The van der Waals surface area contributed by atoms with Gasteiger partial charge in [-0.05, 0) is 34.8 Å². The van der Waals surface area contributed by atoms with Crippen LogP contribution < -0.4 is 10.6 Å². The van der Waals surface area contributed by atoms with E-state index >= 15 is 0 Å². The van der Waals surface area contributed by atoms with Crippen LogP contribution in [-0.2, 0) is 0 Å². The van der Waals surface area contributed by atoms with Gasteiger partial charge in [-0.2, -0.15) is 0 Å². The van der Waals surface area contributed by atoms with Crippen LogP contribution in [0.15, 0.2) is 16.7 Å². The molecule has 3 rings (SSSR count). The van der Waals surface area contributed by atoms with Gasteiger partial charge in [-0.3, -0.25) is 0 Å². The number of hydrogen-bond acceptors (Lipinski definition) is 3. The molecule has 0 aromatic carbocycles. The predicted molar refractivity (Wildman–Crippen MR) is 60.6 cm³/mol. The summed E-state index contributed by atoms with van der Waals surface area (Å²) < 4.78 is 1.03. The van der Waals surface area contributed by atoms with Crippen molar-refractivity contribution in [3.8, 4) is 0 Å². The summed E-state index contributed by atoms with van der Waals surface area (Å²) in [7, 11) is 0. The van der Waals surface area contributed by atoms with Crippen LogP contribution in [0.25, 0.3) is 0 Å². The number of rotatable bonds is 0. The molecule has 14 heavy (non-hydrogen) atoms. The number of anilines is 2. The Hall–Kier alpha value is -0.770. The van der Waals surface area contributed by atoms with Crippen molar-refractivity contribution >= 4 is 27.4 Å². The summed E-state index contributed by atoms with van der Waals surface area (Å²) in [6.45, 7) is 2.13. The van der Waals surface area contributed by atoms with E-state index in [-0.39, 0.29) is 0 Å². The van der Waals surface area contributed by atoms with Gasteiger partial charge in [0.15, 0.2) is 0 Å². The Morgan fingerprint density at radius 1 is 1.29 bits per heavy atom. The second kappa shape index (κ2) is 2.86. The highest BCUT2D eigenvalue weighted by atomic mass is 79.9. The number of halogens is 1. The molecule has 1 aromatic heterocycles. The molecule has 0 saturated heterocycles. The lowest BCUT2D eigenvalue weighted by molar-refractivity contribution is 0.581. The van der Waals surface area contributed by atoms with Gasteiger partial charge in [0.25, 0.3) is 0 Å². The lowest BCUT2D eigenvalue weighted by Gasteiger charge is -2.10. The highest BCUT2D eigenvalue weighted by molar-refractivity contribution is 9.10. The molecule has 0 amide bonds. The Balaban J connectivity index is 1.93. The van der Waals surface area contributed by atoms with Gasteiger partial charge in [0.1, 0.15) is 5.82 Å². The molecule has 1 aliphatic carbocycles. The van der Waals surface area contributed by atoms with Crippen molar-refractivity contribution in [3.63, 3.8) is 0 Å². The van der Waals surface area contributed by atoms with Gasteiger partial charge in [-0.15, -0.1) is 0 Å². The van der Waals surface area contributed by atoms with E-state index < -0.39 is 0 Å². The Morgan fingerprint density at radius 3 is 2.86 bits per heavy atom. The van der Waals surface area contributed by atoms with Crippen molar-refractivity contribution in [1.82, 2.24) is 4.98 Å². The summed E-state index contributed by atoms with van der Waals surface area (Å²) in [6.07, 6.45) is 4.50. The first-order chi connectivity index (χ1) is 6.77. The highest BCUT2D eigenvalue weighted by Crippen LogP contribution is 2.47. The summed E-state index contributed by atoms with van der Waals surface area (Å²) in [6, 6.07) is 2.08. The fourth-order valence-corrected chi connectivity index (χ4v) is 2.19. The number of pyridine rings is 1. The van der Waals surface area contributed by atoms with Gasteiger partial charge in [-0.25, -0.2) is 4.98 Å². The van der Waals surface area contributed by atoms with Crippen LogP contribution in [-0.4, -0.2) is 18.1 Å². The lowest BCUT2D eigenvalue weighted by atomic mass is 10.1. The number of nitrogens with one attached hydrogen (secondary N) is 2. The van der Waals surface area contributed by atoms with E-state index in [1.807, 2.05) is 6.20 Å². The van der Waals surface area contributed by atoms with Gasteiger partial charge >= 0.3 is 0 Å². The maximum absolute atomic E-state index is 4.35. The van der Waals surface area contributed by atoms with Gasteiger partial charge in [-0.1, -0.05) is 0 Å². The van der Waals surface area contributed by atoms with E-state index in [2.05, 4.69) is 37.6 Å². The van der Waals surface area contributed by atoms with Crippen LogP contribution >= 0.6 is 15.9 Å². The highest BCUT2D eigenvalue weighted by Gasteiger charge is 2.43. The minimum atomic E-state index is 0.507. The Morgan fingerprint density at radius 2 is 2.07 bits per heavy atom. The van der Waals surface area contributed by atoms with Crippen LogP contribution in [0, 0.1) is 5.41 Å². The second-order valence-corrected chi connectivity index (χ2v) is 5.17. The molecule has 1 aliphatic heterocycles. The molecule has 0 bridgehead atoms. The zero-order valence-electron chi connectivity index (χ0n) is 7.81. The first kappa shape index (κ1) is 8.53. The molecule has 2 heterocycles. The average Bonchev–Trinajstić information content (AvgIpc) is 2.96. The summed E-state index contributed by atoms with van der Waals surface area (Å²) in [5, 5.41) is 6.87. The standard InChI is InChI=1S/C10H12BrN3/c11-7-3-8-9(12-4-7)14-6-10(1-2-10)5-13-8/h3-4,13H,1-2,5-6H2,(H,12,14). The molecule has 74 valence electrons. The number of hydrogen-bond donors (Lipinski definition) is 2. The van der Waals surface area contributed by atoms with Crippen LogP contribution in [0.4, 0.5) is 11.5 Å². The number of nitrogens with zero attached hydrogens (tertiary/aromatic N) is 1. The molecule has 0 radical (unpaired) electrons. The smallest absolute Gasteiger partial charge is 0.149 e. The molecule has 2 N–H and O–H groups in total. The zero-order chi connectivity index (χ0) is 9.60. The second-order valence-electron chi connectivity index (χ2n) is 4.26. The van der Waals surface area contributed by atoms with Crippen molar-refractivity contribution < 1.29 is 0 Å². The zero-order valence-corrected chi connectivity index (χ0v) is 9.39. The van der Waals surface area contributed by atoms with E-state index in [1.165, 1.54) is 12.8 Å². The summed E-state index contributed by atoms with van der Waals surface area (Å²) in [5.41, 5.74) is 1.62. The maximum Gasteiger partial charge on any atom is 0.149 e. The third-order valence-electron chi connectivity index (χ3n) is 3.10. The first-order valence-electron chi connectivity index (χ1n) is 4.91. The van der Waals surface area contributed by atoms with Crippen molar-refractivity contribution in [1.29, 1.82) is 0 Å². The Bertz CT molecular complexity index is 374. The molecule has 1 fully saturated rings. The monoisotopic (exact) mass is 253 g/mol. The van der Waals surface area contributed by atoms with Crippen molar-refractivity contribution in [2.24, 2.45) is 5.41 Å². The van der Waals surface area contributed by atoms with Crippen molar-refractivity contribution in [2.75, 3.05) is 23.7 Å². The topological polar surface area (TPSA) is 37.0 Å². The fraction of sp³-hybridized carbons (Fsp3) is 0.500. The fourth-order valence-electron chi connectivity index (χ4n) is 1.86. The van der Waals surface area contributed by atoms with Gasteiger partial charge < -0.3 is 10.6 Å². The summed E-state index contributed by atoms with van der Waals surface area (Å²) in [5.74, 6) is 0.983.